The van der Waals surface area contributed by atoms with Crippen molar-refractivity contribution in [1.82, 2.24) is 10.6 Å². The molecule has 1 aliphatic heterocycles. The number of allylic oxidation sites excluding steroid dienone is 1. The van der Waals surface area contributed by atoms with Gasteiger partial charge in [0.05, 0.1) is 12.2 Å². The van der Waals surface area contributed by atoms with Gasteiger partial charge in [-0.2, -0.15) is 0 Å². The Hall–Kier alpha value is -3.99. The zero-order valence-electron chi connectivity index (χ0n) is 25.2. The predicted octanol–water partition coefficient (Wildman–Crippen LogP) is 3.42. The average Bonchev–Trinajstić information content (AvgIpc) is 3.98. The second-order valence-electron chi connectivity index (χ2n) is 12.2. The first-order valence-corrected chi connectivity index (χ1v) is 15.8. The number of ether oxygens (including phenoxy) is 3. The summed E-state index contributed by atoms with van der Waals surface area (Å²) in [6, 6.07) is 14.3. The lowest BCUT2D eigenvalue weighted by atomic mass is 9.91. The van der Waals surface area contributed by atoms with Crippen molar-refractivity contribution in [3.8, 4) is 5.75 Å². The highest BCUT2D eigenvalue weighted by atomic mass is 16.8. The van der Waals surface area contributed by atoms with Gasteiger partial charge in [0, 0.05) is 43.3 Å². The normalized spacial score (nSPS) is 23.7. The number of phenols is 1. The Morgan fingerprint density at radius 1 is 0.956 bits per heavy atom. The number of hydrogen-bond donors (Lipinski definition) is 4. The summed E-state index contributed by atoms with van der Waals surface area (Å²) in [5.41, 5.74) is 2.54. The van der Waals surface area contributed by atoms with Crippen molar-refractivity contribution in [3.63, 3.8) is 0 Å². The molecule has 2 aromatic rings. The zero-order chi connectivity index (χ0) is 31.4. The topological polar surface area (TPSA) is 143 Å². The number of carbonyl (C=O) groups excluding carboxylic acids is 3. The molecule has 3 aliphatic carbocycles. The molecular formula is C35H40N2O8. The van der Waals surface area contributed by atoms with Crippen LogP contribution >= 0.6 is 0 Å². The molecule has 0 bridgehead atoms. The first kappa shape index (κ1) is 31.0. The van der Waals surface area contributed by atoms with Crippen molar-refractivity contribution in [3.05, 3.63) is 82.9 Å². The van der Waals surface area contributed by atoms with Crippen LogP contribution in [0.4, 0.5) is 0 Å². The van der Waals surface area contributed by atoms with Crippen molar-refractivity contribution in [2.45, 2.75) is 69.0 Å². The van der Waals surface area contributed by atoms with Gasteiger partial charge >= 0.3 is 5.97 Å². The molecule has 4 N–H and O–H groups in total. The Bertz CT molecular complexity index is 1450. The summed E-state index contributed by atoms with van der Waals surface area (Å²) in [5, 5.41) is 24.2. The molecular weight excluding hydrogens is 576 g/mol. The summed E-state index contributed by atoms with van der Waals surface area (Å²) in [7, 11) is 0. The van der Waals surface area contributed by atoms with Crippen molar-refractivity contribution < 1.29 is 38.8 Å². The molecule has 1 saturated heterocycles. The van der Waals surface area contributed by atoms with Crippen LogP contribution in [0, 0.1) is 11.8 Å². The number of esters is 1. The Kier molecular flexibility index (Phi) is 9.34. The van der Waals surface area contributed by atoms with Crippen LogP contribution in [-0.2, 0) is 30.2 Å². The molecule has 3 fully saturated rings. The standard InChI is InChI=1S/C35H40N2O8/c38-19-18-36-31(40)16-17-37-33(41)25-20-29(32-30(21-25)44-35(45-32,26-12-13-26)27-14-15-27)43-34(42)24-10-8-22(9-11-24)4-3-6-23-5-1-2-7-28(23)39/h1-5,7-11,21,26-27,29-30,32,38-39H,6,12-20H2,(H,36,40)(H,37,41)/t29-,30-,32+/m1/s1. The number of aliphatic hydroxyl groups excluding tert-OH is 1. The van der Waals surface area contributed by atoms with E-state index in [-0.39, 0.29) is 50.1 Å². The molecule has 0 radical (unpaired) electrons. The molecule has 10 heteroatoms. The van der Waals surface area contributed by atoms with E-state index in [9.17, 15) is 19.5 Å². The lowest BCUT2D eigenvalue weighted by Crippen LogP contribution is -2.44. The summed E-state index contributed by atoms with van der Waals surface area (Å²) in [6.45, 7) is 0.139. The number of benzene rings is 2. The second-order valence-corrected chi connectivity index (χ2v) is 12.2. The predicted molar refractivity (Wildman–Crippen MR) is 165 cm³/mol. The van der Waals surface area contributed by atoms with Gasteiger partial charge in [0.25, 0.3) is 0 Å². The number of amides is 2. The van der Waals surface area contributed by atoms with E-state index < -0.39 is 30.1 Å². The molecule has 10 nitrogen and oxygen atoms in total. The summed E-state index contributed by atoms with van der Waals surface area (Å²) in [5.74, 6) is -0.948. The highest BCUT2D eigenvalue weighted by molar-refractivity contribution is 5.94. The van der Waals surface area contributed by atoms with Crippen LogP contribution in [-0.4, -0.2) is 71.8 Å². The monoisotopic (exact) mass is 616 g/mol. The fourth-order valence-corrected chi connectivity index (χ4v) is 6.20. The minimum atomic E-state index is -0.724. The minimum Gasteiger partial charge on any atom is -0.508 e. The van der Waals surface area contributed by atoms with Crippen molar-refractivity contribution in [2.24, 2.45) is 11.8 Å². The number of carbonyl (C=O) groups is 3. The van der Waals surface area contributed by atoms with E-state index in [4.69, 9.17) is 19.3 Å². The largest absolute Gasteiger partial charge is 0.508 e. The molecule has 0 aromatic heterocycles. The van der Waals surface area contributed by atoms with E-state index in [0.717, 1.165) is 36.8 Å². The number of aliphatic hydroxyl groups is 1. The SMILES string of the molecule is O=C(CCNC(=O)C1=C[C@H]2OC(C3CC3)(C3CC3)O[C@H]2[C@H](OC(=O)c2ccc(C=CCc3ccccc3O)cc2)C1)NCCO. The van der Waals surface area contributed by atoms with Gasteiger partial charge in [0.15, 0.2) is 5.79 Å². The Morgan fingerprint density at radius 2 is 1.69 bits per heavy atom. The fraction of sp³-hybridized carbons (Fsp3) is 0.457. The molecule has 2 saturated carbocycles. The molecule has 238 valence electrons. The van der Waals surface area contributed by atoms with Crippen molar-refractivity contribution >= 4 is 23.9 Å². The molecule has 0 spiro atoms. The fourth-order valence-electron chi connectivity index (χ4n) is 6.20. The number of phenolic OH excluding ortho intramolecular Hbond substituents is 1. The number of para-hydroxylation sites is 1. The molecule has 4 aliphatic rings. The number of hydrogen-bond acceptors (Lipinski definition) is 8. The Labute approximate surface area is 262 Å². The average molecular weight is 617 g/mol. The van der Waals surface area contributed by atoms with Gasteiger partial charge in [0.2, 0.25) is 11.8 Å². The van der Waals surface area contributed by atoms with Gasteiger partial charge < -0.3 is 35.1 Å². The number of rotatable bonds is 13. The van der Waals surface area contributed by atoms with Crippen LogP contribution < -0.4 is 10.6 Å². The maximum Gasteiger partial charge on any atom is 0.338 e. The molecule has 0 unspecified atom stereocenters. The van der Waals surface area contributed by atoms with Crippen LogP contribution in [0.15, 0.2) is 66.3 Å². The van der Waals surface area contributed by atoms with Crippen LogP contribution in [0.5, 0.6) is 5.75 Å². The lowest BCUT2D eigenvalue weighted by molar-refractivity contribution is -0.209. The van der Waals surface area contributed by atoms with Crippen LogP contribution in [0.1, 0.15) is 60.0 Å². The first-order valence-electron chi connectivity index (χ1n) is 15.8. The molecule has 1 heterocycles. The number of fused-ring (bicyclic) bond motifs is 1. The third kappa shape index (κ3) is 7.30. The summed E-state index contributed by atoms with van der Waals surface area (Å²) in [6.07, 6.45) is 8.85. The molecule has 2 amide bonds. The van der Waals surface area contributed by atoms with E-state index in [1.165, 1.54) is 0 Å². The Balaban J connectivity index is 1.12. The second kappa shape index (κ2) is 13.6. The van der Waals surface area contributed by atoms with E-state index in [1.54, 1.807) is 30.3 Å². The Morgan fingerprint density at radius 3 is 2.38 bits per heavy atom. The van der Waals surface area contributed by atoms with Crippen molar-refractivity contribution in [2.75, 3.05) is 19.7 Å². The zero-order valence-corrected chi connectivity index (χ0v) is 25.2. The molecule has 45 heavy (non-hydrogen) atoms. The van der Waals surface area contributed by atoms with Crippen LogP contribution in [0.2, 0.25) is 0 Å². The van der Waals surface area contributed by atoms with Gasteiger partial charge in [-0.1, -0.05) is 42.5 Å². The summed E-state index contributed by atoms with van der Waals surface area (Å²) in [4.78, 5) is 38.4. The van der Waals surface area contributed by atoms with E-state index >= 15 is 0 Å². The number of nitrogens with one attached hydrogen (secondary N) is 2. The van der Waals surface area contributed by atoms with Gasteiger partial charge in [-0.15, -0.1) is 0 Å². The summed E-state index contributed by atoms with van der Waals surface area (Å²) < 4.78 is 19.3. The van der Waals surface area contributed by atoms with Crippen molar-refractivity contribution in [1.29, 1.82) is 0 Å². The highest BCUT2D eigenvalue weighted by Gasteiger charge is 2.64. The maximum absolute atomic E-state index is 13.4. The first-order chi connectivity index (χ1) is 21.9. The van der Waals surface area contributed by atoms with Gasteiger partial charge in [-0.05, 0) is 67.5 Å². The molecule has 2 aromatic carbocycles. The smallest absolute Gasteiger partial charge is 0.338 e. The third-order valence-corrected chi connectivity index (χ3v) is 8.82. The molecule has 3 atom stereocenters. The van der Waals surface area contributed by atoms with Gasteiger partial charge in [-0.3, -0.25) is 9.59 Å². The highest BCUT2D eigenvalue weighted by Crippen LogP contribution is 2.59. The van der Waals surface area contributed by atoms with E-state index in [2.05, 4.69) is 10.6 Å². The third-order valence-electron chi connectivity index (χ3n) is 8.82. The van der Waals surface area contributed by atoms with Crippen LogP contribution in [0.25, 0.3) is 6.08 Å². The molecule has 6 rings (SSSR count). The maximum atomic E-state index is 13.4. The minimum absolute atomic E-state index is 0.0789. The quantitative estimate of drug-likeness (QED) is 0.251. The van der Waals surface area contributed by atoms with E-state index in [1.807, 2.05) is 36.4 Å². The lowest BCUT2D eigenvalue weighted by Gasteiger charge is -2.31. The van der Waals surface area contributed by atoms with Gasteiger partial charge in [0.1, 0.15) is 24.1 Å². The van der Waals surface area contributed by atoms with Gasteiger partial charge in [-0.25, -0.2) is 4.79 Å². The number of aromatic hydroxyl groups is 1. The van der Waals surface area contributed by atoms with Crippen LogP contribution in [0.3, 0.4) is 0 Å². The summed E-state index contributed by atoms with van der Waals surface area (Å²) >= 11 is 0. The van der Waals surface area contributed by atoms with E-state index in [0.29, 0.717) is 29.4 Å².